The number of aromatic nitrogens is 3. The van der Waals surface area contributed by atoms with Crippen LogP contribution in [0.25, 0.3) is 0 Å². The number of hydrogen-bond acceptors (Lipinski definition) is 4. The third-order valence-electron chi connectivity index (χ3n) is 6.24. The quantitative estimate of drug-likeness (QED) is 0.528. The third-order valence-corrected chi connectivity index (χ3v) is 6.24. The predicted octanol–water partition coefficient (Wildman–Crippen LogP) is 3.25. The van der Waals surface area contributed by atoms with Crippen molar-refractivity contribution in [3.63, 3.8) is 0 Å². The van der Waals surface area contributed by atoms with Crippen molar-refractivity contribution in [2.24, 2.45) is 4.99 Å². The van der Waals surface area contributed by atoms with Gasteiger partial charge in [-0.25, -0.2) is 4.99 Å². The van der Waals surface area contributed by atoms with E-state index in [0.29, 0.717) is 13.1 Å². The molecule has 168 valence electrons. The van der Waals surface area contributed by atoms with Crippen molar-refractivity contribution in [2.75, 3.05) is 19.6 Å². The SMILES string of the molecule is CCNC(=NCc1ccc(CN2CCCCC2)cc1)NCc1nnc2n1CCCCC2. The van der Waals surface area contributed by atoms with Crippen LogP contribution >= 0.6 is 0 Å². The van der Waals surface area contributed by atoms with Gasteiger partial charge in [-0.1, -0.05) is 37.1 Å². The van der Waals surface area contributed by atoms with E-state index in [-0.39, 0.29) is 0 Å². The third kappa shape index (κ3) is 6.29. The molecule has 4 rings (SSSR count). The van der Waals surface area contributed by atoms with Crippen LogP contribution in [0.4, 0.5) is 0 Å². The number of guanidine groups is 1. The first-order valence-corrected chi connectivity index (χ1v) is 12.0. The van der Waals surface area contributed by atoms with Crippen LogP contribution in [0.15, 0.2) is 29.3 Å². The van der Waals surface area contributed by atoms with Gasteiger partial charge in [0.25, 0.3) is 0 Å². The summed E-state index contributed by atoms with van der Waals surface area (Å²) in [6.45, 7) is 8.80. The number of aryl methyl sites for hydroxylation is 1. The van der Waals surface area contributed by atoms with Crippen molar-refractivity contribution >= 4 is 5.96 Å². The number of nitrogens with one attached hydrogen (secondary N) is 2. The molecule has 2 aliphatic rings. The maximum Gasteiger partial charge on any atom is 0.191 e. The average molecular weight is 424 g/mol. The Kier molecular flexibility index (Phi) is 7.93. The van der Waals surface area contributed by atoms with E-state index in [4.69, 9.17) is 4.99 Å². The first kappa shape index (κ1) is 21.8. The molecule has 0 unspecified atom stereocenters. The summed E-state index contributed by atoms with van der Waals surface area (Å²) in [6, 6.07) is 8.94. The Morgan fingerprint density at radius 1 is 0.903 bits per heavy atom. The highest BCUT2D eigenvalue weighted by molar-refractivity contribution is 5.79. The van der Waals surface area contributed by atoms with E-state index in [0.717, 1.165) is 43.7 Å². The minimum atomic E-state index is 0.646. The number of likely N-dealkylation sites (tertiary alicyclic amines) is 1. The highest BCUT2D eigenvalue weighted by Crippen LogP contribution is 2.15. The minimum absolute atomic E-state index is 0.646. The molecule has 31 heavy (non-hydrogen) atoms. The highest BCUT2D eigenvalue weighted by Gasteiger charge is 2.15. The molecule has 0 amide bonds. The van der Waals surface area contributed by atoms with Gasteiger partial charge in [-0.05, 0) is 56.8 Å². The van der Waals surface area contributed by atoms with Crippen molar-refractivity contribution < 1.29 is 0 Å². The van der Waals surface area contributed by atoms with Crippen LogP contribution in [-0.4, -0.2) is 45.3 Å². The van der Waals surface area contributed by atoms with Gasteiger partial charge in [0, 0.05) is 26.1 Å². The van der Waals surface area contributed by atoms with Crippen molar-refractivity contribution in [3.8, 4) is 0 Å². The number of aliphatic imine (C=N–C) groups is 1. The highest BCUT2D eigenvalue weighted by atomic mass is 15.3. The normalized spacial score (nSPS) is 17.8. The lowest BCUT2D eigenvalue weighted by atomic mass is 10.1. The van der Waals surface area contributed by atoms with Crippen molar-refractivity contribution in [3.05, 3.63) is 47.0 Å². The zero-order chi connectivity index (χ0) is 21.3. The number of fused-ring (bicyclic) bond motifs is 1. The van der Waals surface area contributed by atoms with Crippen LogP contribution < -0.4 is 10.6 Å². The molecule has 1 saturated heterocycles. The number of piperidine rings is 1. The molecule has 0 spiro atoms. The van der Waals surface area contributed by atoms with E-state index in [1.54, 1.807) is 0 Å². The number of nitrogens with zero attached hydrogens (tertiary/aromatic N) is 5. The second-order valence-electron chi connectivity index (χ2n) is 8.70. The fraction of sp³-hybridized carbons (Fsp3) is 0.625. The predicted molar refractivity (Wildman–Crippen MR) is 125 cm³/mol. The Balaban J connectivity index is 1.32. The van der Waals surface area contributed by atoms with Crippen LogP contribution in [0.2, 0.25) is 0 Å². The number of rotatable bonds is 7. The van der Waals surface area contributed by atoms with Gasteiger partial charge in [0.05, 0.1) is 13.1 Å². The molecule has 1 fully saturated rings. The fourth-order valence-electron chi connectivity index (χ4n) is 4.48. The molecule has 0 bridgehead atoms. The standard InChI is InChI=1S/C24H37N7/c1-2-25-24(27-18-23-29-28-22-9-5-3-8-16-31(22)23)26-17-20-10-12-21(13-11-20)19-30-14-6-4-7-15-30/h10-13H,2-9,14-19H2,1H3,(H2,25,26,27). The molecular weight excluding hydrogens is 386 g/mol. The van der Waals surface area contributed by atoms with E-state index >= 15 is 0 Å². The summed E-state index contributed by atoms with van der Waals surface area (Å²) in [5, 5.41) is 15.6. The van der Waals surface area contributed by atoms with Gasteiger partial charge in [0.15, 0.2) is 11.8 Å². The van der Waals surface area contributed by atoms with E-state index in [1.807, 2.05) is 0 Å². The first-order chi connectivity index (χ1) is 15.3. The summed E-state index contributed by atoms with van der Waals surface area (Å²) in [7, 11) is 0. The second-order valence-corrected chi connectivity index (χ2v) is 8.70. The largest absolute Gasteiger partial charge is 0.357 e. The molecule has 7 nitrogen and oxygen atoms in total. The molecule has 2 N–H and O–H groups in total. The fourth-order valence-corrected chi connectivity index (χ4v) is 4.48. The summed E-state index contributed by atoms with van der Waals surface area (Å²) in [4.78, 5) is 7.35. The lowest BCUT2D eigenvalue weighted by Crippen LogP contribution is -2.37. The van der Waals surface area contributed by atoms with Crippen molar-refractivity contribution in [1.82, 2.24) is 30.3 Å². The minimum Gasteiger partial charge on any atom is -0.357 e. The second kappa shape index (κ2) is 11.3. The summed E-state index contributed by atoms with van der Waals surface area (Å²) < 4.78 is 2.28. The van der Waals surface area contributed by atoms with E-state index in [2.05, 4.69) is 61.5 Å². The van der Waals surface area contributed by atoms with Gasteiger partial charge in [0.2, 0.25) is 0 Å². The van der Waals surface area contributed by atoms with E-state index < -0.39 is 0 Å². The van der Waals surface area contributed by atoms with Crippen LogP contribution in [-0.2, 0) is 32.6 Å². The first-order valence-electron chi connectivity index (χ1n) is 12.0. The van der Waals surface area contributed by atoms with Gasteiger partial charge in [0.1, 0.15) is 5.82 Å². The maximum absolute atomic E-state index is 4.79. The molecule has 1 aromatic heterocycles. The lowest BCUT2D eigenvalue weighted by molar-refractivity contribution is 0.221. The monoisotopic (exact) mass is 423 g/mol. The van der Waals surface area contributed by atoms with Crippen LogP contribution in [0, 0.1) is 0 Å². The molecule has 0 aliphatic carbocycles. The summed E-state index contributed by atoms with van der Waals surface area (Å²) >= 11 is 0. The van der Waals surface area contributed by atoms with Gasteiger partial charge in [-0.15, -0.1) is 10.2 Å². The van der Waals surface area contributed by atoms with Crippen LogP contribution in [0.5, 0.6) is 0 Å². The zero-order valence-electron chi connectivity index (χ0n) is 18.9. The summed E-state index contributed by atoms with van der Waals surface area (Å²) in [5.41, 5.74) is 2.63. The van der Waals surface area contributed by atoms with Gasteiger partial charge < -0.3 is 15.2 Å². The summed E-state index contributed by atoms with van der Waals surface area (Å²) in [6.07, 6.45) is 8.79. The Hall–Kier alpha value is -2.41. The van der Waals surface area contributed by atoms with Gasteiger partial charge >= 0.3 is 0 Å². The Bertz CT molecular complexity index is 834. The number of benzene rings is 1. The summed E-state index contributed by atoms with van der Waals surface area (Å²) in [5.74, 6) is 2.95. The lowest BCUT2D eigenvalue weighted by Gasteiger charge is -2.26. The maximum atomic E-state index is 4.79. The van der Waals surface area contributed by atoms with Gasteiger partial charge in [-0.3, -0.25) is 4.90 Å². The van der Waals surface area contributed by atoms with Crippen molar-refractivity contribution in [2.45, 2.75) is 78.0 Å². The molecule has 0 atom stereocenters. The van der Waals surface area contributed by atoms with Crippen molar-refractivity contribution in [1.29, 1.82) is 0 Å². The Morgan fingerprint density at radius 3 is 2.45 bits per heavy atom. The molecule has 0 saturated carbocycles. The molecular formula is C24H37N7. The molecule has 7 heteroatoms. The van der Waals surface area contributed by atoms with Crippen LogP contribution in [0.1, 0.15) is 68.2 Å². The topological polar surface area (TPSA) is 70.4 Å². The van der Waals surface area contributed by atoms with E-state index in [9.17, 15) is 0 Å². The smallest absolute Gasteiger partial charge is 0.191 e. The number of hydrogen-bond donors (Lipinski definition) is 2. The molecule has 2 aromatic rings. The zero-order valence-corrected chi connectivity index (χ0v) is 18.9. The Labute approximate surface area is 186 Å². The molecule has 0 radical (unpaired) electrons. The van der Waals surface area contributed by atoms with Crippen LogP contribution in [0.3, 0.4) is 0 Å². The Morgan fingerprint density at radius 2 is 1.65 bits per heavy atom. The average Bonchev–Trinajstić information content (AvgIpc) is 3.03. The van der Waals surface area contributed by atoms with Gasteiger partial charge in [-0.2, -0.15) is 0 Å². The molecule has 3 heterocycles. The molecule has 2 aliphatic heterocycles. The molecule has 1 aromatic carbocycles. The van der Waals surface area contributed by atoms with E-state index in [1.165, 1.54) is 62.7 Å².